The molecule has 0 saturated carbocycles. The Kier molecular flexibility index (Phi) is 6.41. The van der Waals surface area contributed by atoms with Gasteiger partial charge in [-0.3, -0.25) is 0 Å². The molecule has 3 aromatic carbocycles. The lowest BCUT2D eigenvalue weighted by molar-refractivity contribution is 0.303. The van der Waals surface area contributed by atoms with Gasteiger partial charge in [0, 0.05) is 12.1 Å². The van der Waals surface area contributed by atoms with Crippen molar-refractivity contribution >= 4 is 11.0 Å². The first-order chi connectivity index (χ1) is 15.2. The molecule has 0 aliphatic rings. The van der Waals surface area contributed by atoms with Gasteiger partial charge in [0.2, 0.25) is 0 Å². The van der Waals surface area contributed by atoms with Gasteiger partial charge in [-0.15, -0.1) is 0 Å². The van der Waals surface area contributed by atoms with E-state index in [0.29, 0.717) is 18.1 Å². The van der Waals surface area contributed by atoms with Crippen LogP contribution in [-0.4, -0.2) is 30.4 Å². The SMILES string of the molecule is COc1ccc(-c2nc3ccccc3n2CCCCOc2cccc(C)c2)cc1OC. The first-order valence-electron chi connectivity index (χ1n) is 10.6. The van der Waals surface area contributed by atoms with Crippen LogP contribution in [-0.2, 0) is 6.54 Å². The van der Waals surface area contributed by atoms with E-state index in [0.717, 1.165) is 47.6 Å². The molecular formula is C26H28N2O3. The third-order valence-electron chi connectivity index (χ3n) is 5.33. The zero-order chi connectivity index (χ0) is 21.6. The van der Waals surface area contributed by atoms with Gasteiger partial charge in [0.1, 0.15) is 11.6 Å². The first-order valence-corrected chi connectivity index (χ1v) is 10.6. The number of unbranched alkanes of at least 4 members (excludes halogenated alkanes) is 1. The van der Waals surface area contributed by atoms with Crippen LogP contribution in [0.25, 0.3) is 22.4 Å². The smallest absolute Gasteiger partial charge is 0.161 e. The molecule has 0 aliphatic carbocycles. The number of benzene rings is 3. The highest BCUT2D eigenvalue weighted by Gasteiger charge is 2.14. The van der Waals surface area contributed by atoms with E-state index in [-0.39, 0.29) is 0 Å². The molecule has 0 N–H and O–H groups in total. The zero-order valence-corrected chi connectivity index (χ0v) is 18.3. The van der Waals surface area contributed by atoms with Gasteiger partial charge >= 0.3 is 0 Å². The molecule has 4 rings (SSSR count). The van der Waals surface area contributed by atoms with Crippen molar-refractivity contribution in [3.8, 4) is 28.6 Å². The average Bonchev–Trinajstić information content (AvgIpc) is 3.17. The van der Waals surface area contributed by atoms with Crippen molar-refractivity contribution in [2.45, 2.75) is 26.3 Å². The molecule has 31 heavy (non-hydrogen) atoms. The maximum Gasteiger partial charge on any atom is 0.161 e. The number of rotatable bonds is 9. The summed E-state index contributed by atoms with van der Waals surface area (Å²) >= 11 is 0. The van der Waals surface area contributed by atoms with Crippen LogP contribution >= 0.6 is 0 Å². The molecule has 0 aliphatic heterocycles. The van der Waals surface area contributed by atoms with Crippen molar-refractivity contribution in [2.24, 2.45) is 0 Å². The molecule has 0 radical (unpaired) electrons. The summed E-state index contributed by atoms with van der Waals surface area (Å²) in [5.41, 5.74) is 4.34. The van der Waals surface area contributed by atoms with Crippen LogP contribution in [0.3, 0.4) is 0 Å². The molecule has 1 heterocycles. The van der Waals surface area contributed by atoms with E-state index in [4.69, 9.17) is 19.2 Å². The van der Waals surface area contributed by atoms with E-state index in [1.807, 2.05) is 36.4 Å². The number of para-hydroxylation sites is 2. The lowest BCUT2D eigenvalue weighted by atomic mass is 10.2. The van der Waals surface area contributed by atoms with Crippen molar-refractivity contribution in [2.75, 3.05) is 20.8 Å². The second-order valence-corrected chi connectivity index (χ2v) is 7.52. The molecule has 0 atom stereocenters. The van der Waals surface area contributed by atoms with Crippen LogP contribution in [0.2, 0.25) is 0 Å². The van der Waals surface area contributed by atoms with E-state index in [1.165, 1.54) is 5.56 Å². The lowest BCUT2D eigenvalue weighted by Gasteiger charge is -2.12. The Balaban J connectivity index is 1.52. The maximum atomic E-state index is 5.91. The Hall–Kier alpha value is -3.47. The van der Waals surface area contributed by atoms with E-state index in [1.54, 1.807) is 14.2 Å². The van der Waals surface area contributed by atoms with E-state index >= 15 is 0 Å². The normalized spacial score (nSPS) is 10.9. The van der Waals surface area contributed by atoms with Gasteiger partial charge in [0.15, 0.2) is 11.5 Å². The van der Waals surface area contributed by atoms with Crippen LogP contribution < -0.4 is 14.2 Å². The van der Waals surface area contributed by atoms with E-state index < -0.39 is 0 Å². The highest BCUT2D eigenvalue weighted by Crippen LogP contribution is 2.33. The van der Waals surface area contributed by atoms with Gasteiger partial charge in [0.25, 0.3) is 0 Å². The molecule has 0 saturated heterocycles. The molecule has 4 aromatic rings. The second-order valence-electron chi connectivity index (χ2n) is 7.52. The third kappa shape index (κ3) is 4.66. The van der Waals surface area contributed by atoms with Crippen molar-refractivity contribution in [3.05, 3.63) is 72.3 Å². The molecule has 0 amide bonds. The second kappa shape index (κ2) is 9.56. The molecule has 0 unspecified atom stereocenters. The fourth-order valence-electron chi connectivity index (χ4n) is 3.76. The van der Waals surface area contributed by atoms with Crippen molar-refractivity contribution in [3.63, 3.8) is 0 Å². The van der Waals surface area contributed by atoms with E-state index in [2.05, 4.69) is 41.8 Å². The van der Waals surface area contributed by atoms with Gasteiger partial charge in [-0.25, -0.2) is 4.98 Å². The number of nitrogens with zero attached hydrogens (tertiary/aromatic N) is 2. The maximum absolute atomic E-state index is 5.91. The quantitative estimate of drug-likeness (QED) is 0.319. The van der Waals surface area contributed by atoms with Gasteiger partial charge in [-0.2, -0.15) is 0 Å². The first kappa shape index (κ1) is 20.8. The van der Waals surface area contributed by atoms with Crippen LogP contribution in [0.5, 0.6) is 17.2 Å². The topological polar surface area (TPSA) is 45.5 Å². The van der Waals surface area contributed by atoms with Gasteiger partial charge in [-0.05, 0) is 67.8 Å². The number of ether oxygens (including phenoxy) is 3. The number of fused-ring (bicyclic) bond motifs is 1. The number of methoxy groups -OCH3 is 2. The molecule has 0 spiro atoms. The summed E-state index contributed by atoms with van der Waals surface area (Å²) in [6.07, 6.45) is 1.96. The fraction of sp³-hybridized carbons (Fsp3) is 0.269. The lowest BCUT2D eigenvalue weighted by Crippen LogP contribution is -2.04. The summed E-state index contributed by atoms with van der Waals surface area (Å²) in [6.45, 7) is 3.63. The summed E-state index contributed by atoms with van der Waals surface area (Å²) in [4.78, 5) is 4.91. The van der Waals surface area contributed by atoms with E-state index in [9.17, 15) is 0 Å². The molecule has 1 aromatic heterocycles. The monoisotopic (exact) mass is 416 g/mol. The number of hydrogen-bond donors (Lipinski definition) is 0. The number of aromatic nitrogens is 2. The number of aryl methyl sites for hydroxylation is 2. The van der Waals surface area contributed by atoms with Crippen LogP contribution in [0.15, 0.2) is 66.7 Å². The Morgan fingerprint density at radius 3 is 2.48 bits per heavy atom. The minimum absolute atomic E-state index is 0.696. The third-order valence-corrected chi connectivity index (χ3v) is 5.33. The largest absolute Gasteiger partial charge is 0.494 e. The highest BCUT2D eigenvalue weighted by molar-refractivity contribution is 5.81. The summed E-state index contributed by atoms with van der Waals surface area (Å²) in [5.74, 6) is 3.27. The highest BCUT2D eigenvalue weighted by atomic mass is 16.5. The van der Waals surface area contributed by atoms with Gasteiger partial charge in [0.05, 0.1) is 31.9 Å². The summed E-state index contributed by atoms with van der Waals surface area (Å²) in [5, 5.41) is 0. The predicted molar refractivity (Wildman–Crippen MR) is 124 cm³/mol. The molecule has 0 bridgehead atoms. The van der Waals surface area contributed by atoms with Crippen molar-refractivity contribution in [1.29, 1.82) is 0 Å². The molecule has 5 nitrogen and oxygen atoms in total. The van der Waals surface area contributed by atoms with Gasteiger partial charge in [-0.1, -0.05) is 24.3 Å². The van der Waals surface area contributed by atoms with Crippen LogP contribution in [0, 0.1) is 6.92 Å². The molecule has 5 heteroatoms. The van der Waals surface area contributed by atoms with Gasteiger partial charge < -0.3 is 18.8 Å². The summed E-state index contributed by atoms with van der Waals surface area (Å²) < 4.78 is 19.1. The minimum Gasteiger partial charge on any atom is -0.494 e. The Labute approximate surface area is 183 Å². The predicted octanol–water partition coefficient (Wildman–Crippen LogP) is 5.89. The summed E-state index contributed by atoms with van der Waals surface area (Å²) in [7, 11) is 3.30. The molecule has 0 fully saturated rings. The summed E-state index contributed by atoms with van der Waals surface area (Å²) in [6, 6.07) is 22.4. The molecule has 160 valence electrons. The Morgan fingerprint density at radius 2 is 1.68 bits per heavy atom. The Morgan fingerprint density at radius 1 is 0.839 bits per heavy atom. The van der Waals surface area contributed by atoms with Crippen LogP contribution in [0.4, 0.5) is 0 Å². The van der Waals surface area contributed by atoms with Crippen LogP contribution in [0.1, 0.15) is 18.4 Å². The number of imidazole rings is 1. The number of hydrogen-bond acceptors (Lipinski definition) is 4. The molecular weight excluding hydrogens is 388 g/mol. The van der Waals surface area contributed by atoms with Crippen molar-refractivity contribution < 1.29 is 14.2 Å². The average molecular weight is 417 g/mol. The van der Waals surface area contributed by atoms with Crippen molar-refractivity contribution in [1.82, 2.24) is 9.55 Å². The Bertz CT molecular complexity index is 1170. The zero-order valence-electron chi connectivity index (χ0n) is 18.3. The standard InChI is InChI=1S/C26H28N2O3/c1-19-9-8-10-21(17-19)31-16-7-6-15-28-23-12-5-4-11-22(23)27-26(28)20-13-14-24(29-2)25(18-20)30-3/h4-5,8-14,17-18H,6-7,15-16H2,1-3H3. The minimum atomic E-state index is 0.696. The fourth-order valence-corrected chi connectivity index (χ4v) is 3.76.